The molecule has 0 saturated heterocycles. The first-order chi connectivity index (χ1) is 18.1. The lowest BCUT2D eigenvalue weighted by atomic mass is 10.0. The van der Waals surface area contributed by atoms with Crippen molar-refractivity contribution in [1.29, 1.82) is 0 Å². The monoisotopic (exact) mass is 542 g/mol. The molecule has 1 fully saturated rings. The van der Waals surface area contributed by atoms with Gasteiger partial charge in [-0.2, -0.15) is 0 Å². The number of rotatable bonds is 14. The molecule has 2 aromatic rings. The van der Waals surface area contributed by atoms with Crippen molar-refractivity contribution in [2.75, 3.05) is 19.0 Å². The second-order valence-corrected chi connectivity index (χ2v) is 12.1. The topological polar surface area (TPSA) is 96.0 Å². The minimum Gasteiger partial charge on any atom is -0.462 e. The van der Waals surface area contributed by atoms with Crippen molar-refractivity contribution < 1.29 is 32.2 Å². The molecule has 1 unspecified atom stereocenters. The number of carbonyl (C=O) groups excluding carboxylic acids is 2. The normalized spacial score (nSPS) is 16.1. The van der Waals surface area contributed by atoms with Gasteiger partial charge in [0.1, 0.15) is 12.7 Å². The average molecular weight is 543 g/mol. The van der Waals surface area contributed by atoms with Crippen LogP contribution in [0.25, 0.3) is 6.08 Å². The van der Waals surface area contributed by atoms with Crippen LogP contribution < -0.4 is 0 Å². The number of benzene rings is 2. The summed E-state index contributed by atoms with van der Waals surface area (Å²) < 4.78 is 43.4. The molecule has 38 heavy (non-hydrogen) atoms. The molecule has 0 bridgehead atoms. The fourth-order valence-electron chi connectivity index (χ4n) is 4.18. The van der Waals surface area contributed by atoms with E-state index in [0.29, 0.717) is 23.7 Å². The van der Waals surface area contributed by atoms with Crippen LogP contribution in [0, 0.1) is 5.92 Å². The van der Waals surface area contributed by atoms with E-state index in [0.717, 1.165) is 25.7 Å². The van der Waals surface area contributed by atoms with E-state index in [1.807, 2.05) is 19.9 Å². The van der Waals surface area contributed by atoms with Gasteiger partial charge < -0.3 is 14.2 Å². The van der Waals surface area contributed by atoms with Gasteiger partial charge in [-0.3, -0.25) is 9.59 Å². The van der Waals surface area contributed by atoms with E-state index < -0.39 is 33.8 Å². The van der Waals surface area contributed by atoms with E-state index in [2.05, 4.69) is 0 Å². The van der Waals surface area contributed by atoms with Crippen molar-refractivity contribution in [3.63, 3.8) is 0 Å². The van der Waals surface area contributed by atoms with Crippen LogP contribution >= 0.6 is 0 Å². The summed E-state index contributed by atoms with van der Waals surface area (Å²) in [5.41, 5.74) is 1.15. The Bertz CT molecular complexity index is 1180. The molecular weight excluding hydrogens is 504 g/mol. The fourth-order valence-corrected chi connectivity index (χ4v) is 5.74. The van der Waals surface area contributed by atoms with Crippen LogP contribution in [0.1, 0.15) is 63.5 Å². The predicted molar refractivity (Wildman–Crippen MR) is 146 cm³/mol. The molecule has 0 aliphatic heterocycles. The van der Waals surface area contributed by atoms with Gasteiger partial charge in [-0.15, -0.1) is 0 Å². The lowest BCUT2D eigenvalue weighted by Crippen LogP contribution is -2.27. The summed E-state index contributed by atoms with van der Waals surface area (Å²) in [6, 6.07) is 15.2. The summed E-state index contributed by atoms with van der Waals surface area (Å²) in [7, 11) is -3.84. The first-order valence-corrected chi connectivity index (χ1v) is 14.8. The molecule has 3 rings (SSSR count). The summed E-state index contributed by atoms with van der Waals surface area (Å²) in [4.78, 5) is 25.4. The van der Waals surface area contributed by atoms with Gasteiger partial charge in [0.25, 0.3) is 0 Å². The number of hydrogen-bond donors (Lipinski definition) is 0. The minimum absolute atomic E-state index is 0.0775. The molecule has 0 amide bonds. The number of carbonyl (C=O) groups is 2. The third kappa shape index (κ3) is 9.49. The Labute approximate surface area is 226 Å². The predicted octanol–water partition coefficient (Wildman–Crippen LogP) is 5.35. The first-order valence-electron chi connectivity index (χ1n) is 13.2. The van der Waals surface area contributed by atoms with Gasteiger partial charge in [0, 0.05) is 0 Å². The number of esters is 1. The zero-order valence-electron chi connectivity index (χ0n) is 22.4. The molecule has 1 aliphatic rings. The van der Waals surface area contributed by atoms with Crippen LogP contribution in [0.2, 0.25) is 0 Å². The smallest absolute Gasteiger partial charge is 0.314 e. The SMILES string of the molecule is CC(C)COC(C)OCC(=O)/C=C/c1cccc(S(=O)(=O)C[C@H](C(=O)OC2CCCC2)c2ccccc2)c1. The lowest BCUT2D eigenvalue weighted by Gasteiger charge is -2.19. The van der Waals surface area contributed by atoms with Crippen molar-refractivity contribution in [1.82, 2.24) is 0 Å². The van der Waals surface area contributed by atoms with Gasteiger partial charge in [0.15, 0.2) is 21.9 Å². The second kappa shape index (κ2) is 14.4. The quantitative estimate of drug-likeness (QED) is 0.180. The van der Waals surface area contributed by atoms with Gasteiger partial charge in [-0.25, -0.2) is 8.42 Å². The molecule has 0 aromatic heterocycles. The van der Waals surface area contributed by atoms with Crippen LogP contribution in [0.4, 0.5) is 0 Å². The van der Waals surface area contributed by atoms with E-state index in [-0.39, 0.29) is 23.4 Å². The molecule has 206 valence electrons. The van der Waals surface area contributed by atoms with Crippen molar-refractivity contribution in [3.05, 3.63) is 71.8 Å². The van der Waals surface area contributed by atoms with E-state index in [1.165, 1.54) is 18.2 Å². The molecule has 2 atom stereocenters. The molecule has 0 N–H and O–H groups in total. The zero-order valence-corrected chi connectivity index (χ0v) is 23.2. The Kier molecular flexibility index (Phi) is 11.2. The van der Waals surface area contributed by atoms with Gasteiger partial charge in [-0.05, 0) is 67.9 Å². The molecule has 0 heterocycles. The minimum atomic E-state index is -3.84. The van der Waals surface area contributed by atoms with Crippen molar-refractivity contribution in [2.24, 2.45) is 5.92 Å². The van der Waals surface area contributed by atoms with Crippen molar-refractivity contribution in [3.8, 4) is 0 Å². The van der Waals surface area contributed by atoms with Crippen molar-refractivity contribution in [2.45, 2.75) is 69.7 Å². The molecule has 8 heteroatoms. The molecule has 7 nitrogen and oxygen atoms in total. The average Bonchev–Trinajstić information content (AvgIpc) is 3.42. The second-order valence-electron chi connectivity index (χ2n) is 10.1. The first kappa shape index (κ1) is 29.7. The highest BCUT2D eigenvalue weighted by Gasteiger charge is 2.32. The maximum atomic E-state index is 13.4. The largest absolute Gasteiger partial charge is 0.462 e. The van der Waals surface area contributed by atoms with Gasteiger partial charge in [0.2, 0.25) is 0 Å². The van der Waals surface area contributed by atoms with Gasteiger partial charge in [-0.1, -0.05) is 62.4 Å². The molecule has 0 radical (unpaired) electrons. The summed E-state index contributed by atoms with van der Waals surface area (Å²) >= 11 is 0. The third-order valence-corrected chi connectivity index (χ3v) is 8.01. The standard InChI is InChI=1S/C30H38O7S/c1-22(2)19-35-23(3)36-20-26(31)17-16-24-10-9-15-28(18-24)38(33,34)21-29(25-11-5-4-6-12-25)30(32)37-27-13-7-8-14-27/h4-6,9-12,15-18,22-23,27,29H,7-8,13-14,19-21H2,1-3H3/b17-16+/t23?,29-/m0/s1. The van der Waals surface area contributed by atoms with Crippen LogP contribution in [-0.2, 0) is 33.6 Å². The van der Waals surface area contributed by atoms with Crippen LogP contribution in [0.3, 0.4) is 0 Å². The Hall–Kier alpha value is -2.81. The van der Waals surface area contributed by atoms with Crippen LogP contribution in [0.5, 0.6) is 0 Å². The molecule has 1 aliphatic carbocycles. The summed E-state index contributed by atoms with van der Waals surface area (Å²) in [5, 5.41) is 0. The lowest BCUT2D eigenvalue weighted by molar-refractivity contribution is -0.150. The fraction of sp³-hybridized carbons (Fsp3) is 0.467. The Morgan fingerprint density at radius 2 is 1.68 bits per heavy atom. The number of sulfone groups is 1. The maximum Gasteiger partial charge on any atom is 0.314 e. The Balaban J connectivity index is 1.68. The van der Waals surface area contributed by atoms with E-state index in [1.54, 1.807) is 49.4 Å². The number of ether oxygens (including phenoxy) is 3. The maximum absolute atomic E-state index is 13.4. The van der Waals surface area contributed by atoms with Crippen molar-refractivity contribution >= 4 is 27.7 Å². The number of hydrogen-bond acceptors (Lipinski definition) is 7. The van der Waals surface area contributed by atoms with E-state index in [9.17, 15) is 18.0 Å². The number of ketones is 1. The van der Waals surface area contributed by atoms with Gasteiger partial charge in [0.05, 0.1) is 23.2 Å². The molecular formula is C30H38O7S. The van der Waals surface area contributed by atoms with Crippen LogP contribution in [-0.4, -0.2) is 51.5 Å². The zero-order chi connectivity index (χ0) is 27.5. The third-order valence-electron chi connectivity index (χ3n) is 6.26. The Morgan fingerprint density at radius 3 is 2.37 bits per heavy atom. The molecule has 2 aromatic carbocycles. The summed E-state index contributed by atoms with van der Waals surface area (Å²) in [6.07, 6.45) is 5.87. The summed E-state index contributed by atoms with van der Waals surface area (Å²) in [5.74, 6) is -1.76. The molecule has 0 spiro atoms. The highest BCUT2D eigenvalue weighted by molar-refractivity contribution is 7.91. The summed E-state index contributed by atoms with van der Waals surface area (Å²) in [6.45, 7) is 6.18. The highest BCUT2D eigenvalue weighted by Crippen LogP contribution is 2.28. The van der Waals surface area contributed by atoms with E-state index >= 15 is 0 Å². The molecule has 1 saturated carbocycles. The highest BCUT2D eigenvalue weighted by atomic mass is 32.2. The van der Waals surface area contributed by atoms with E-state index in [4.69, 9.17) is 14.2 Å². The Morgan fingerprint density at radius 1 is 0.974 bits per heavy atom. The van der Waals surface area contributed by atoms with Gasteiger partial charge >= 0.3 is 5.97 Å². The van der Waals surface area contributed by atoms with Crippen LogP contribution in [0.15, 0.2) is 65.6 Å².